The highest BCUT2D eigenvalue weighted by Crippen LogP contribution is 2.06. The lowest BCUT2D eigenvalue weighted by atomic mass is 10.1. The van der Waals surface area contributed by atoms with Crippen molar-refractivity contribution in [2.24, 2.45) is 0 Å². The van der Waals surface area contributed by atoms with Crippen LogP contribution in [0.3, 0.4) is 0 Å². The van der Waals surface area contributed by atoms with Gasteiger partial charge >= 0.3 is 0 Å². The van der Waals surface area contributed by atoms with Crippen LogP contribution < -0.4 is 5.32 Å². The minimum Gasteiger partial charge on any atom is -0.383 e. The summed E-state index contributed by atoms with van der Waals surface area (Å²) in [6.45, 7) is 15.2. The zero-order valence-corrected chi connectivity index (χ0v) is 12.7. The standard InChI is InChI=1S/C14H32N2O/c1-7-9-16(10-8-2)13(12-17-6)11-15-14(3,4)5/h13,15H,7-12H2,1-6H3. The largest absolute Gasteiger partial charge is 0.383 e. The Morgan fingerprint density at radius 2 is 1.65 bits per heavy atom. The van der Waals surface area contributed by atoms with Crippen molar-refractivity contribution in [2.75, 3.05) is 33.4 Å². The third kappa shape index (κ3) is 8.58. The molecule has 17 heavy (non-hydrogen) atoms. The van der Waals surface area contributed by atoms with Crippen molar-refractivity contribution in [1.29, 1.82) is 0 Å². The van der Waals surface area contributed by atoms with Crippen LogP contribution in [-0.4, -0.2) is 49.8 Å². The molecule has 1 N–H and O–H groups in total. The van der Waals surface area contributed by atoms with Crippen molar-refractivity contribution in [3.63, 3.8) is 0 Å². The first kappa shape index (κ1) is 16.9. The maximum Gasteiger partial charge on any atom is 0.0630 e. The van der Waals surface area contributed by atoms with Gasteiger partial charge in [0.05, 0.1) is 6.61 Å². The predicted molar refractivity (Wildman–Crippen MR) is 75.6 cm³/mol. The van der Waals surface area contributed by atoms with Crippen LogP contribution in [0.5, 0.6) is 0 Å². The van der Waals surface area contributed by atoms with Crippen LogP contribution in [0.25, 0.3) is 0 Å². The average molecular weight is 244 g/mol. The predicted octanol–water partition coefficient (Wildman–Crippen LogP) is 2.51. The lowest BCUT2D eigenvalue weighted by molar-refractivity contribution is 0.0850. The fourth-order valence-corrected chi connectivity index (χ4v) is 1.96. The van der Waals surface area contributed by atoms with Crippen molar-refractivity contribution in [3.8, 4) is 0 Å². The van der Waals surface area contributed by atoms with Gasteiger partial charge in [0.2, 0.25) is 0 Å². The molecule has 3 heteroatoms. The van der Waals surface area contributed by atoms with Gasteiger partial charge in [-0.25, -0.2) is 0 Å². The van der Waals surface area contributed by atoms with Gasteiger partial charge in [0.15, 0.2) is 0 Å². The zero-order chi connectivity index (χ0) is 13.3. The summed E-state index contributed by atoms with van der Waals surface area (Å²) < 4.78 is 5.36. The lowest BCUT2D eigenvalue weighted by Crippen LogP contribution is -2.50. The highest BCUT2D eigenvalue weighted by molar-refractivity contribution is 4.79. The minimum absolute atomic E-state index is 0.177. The van der Waals surface area contributed by atoms with E-state index in [1.807, 2.05) is 0 Å². The Labute approximate surface area is 108 Å². The van der Waals surface area contributed by atoms with Crippen LogP contribution in [0.15, 0.2) is 0 Å². The molecule has 0 aliphatic rings. The number of ether oxygens (including phenoxy) is 1. The molecule has 1 atom stereocenters. The van der Waals surface area contributed by atoms with Crippen LogP contribution in [0.2, 0.25) is 0 Å². The summed E-state index contributed by atoms with van der Waals surface area (Å²) in [5, 5.41) is 3.58. The van der Waals surface area contributed by atoms with E-state index in [1.165, 1.54) is 12.8 Å². The van der Waals surface area contributed by atoms with Gasteiger partial charge in [-0.1, -0.05) is 13.8 Å². The quantitative estimate of drug-likeness (QED) is 0.674. The molecule has 0 aromatic heterocycles. The van der Waals surface area contributed by atoms with Gasteiger partial charge in [-0.3, -0.25) is 4.90 Å². The Kier molecular flexibility index (Phi) is 8.83. The Hall–Kier alpha value is -0.120. The van der Waals surface area contributed by atoms with E-state index in [-0.39, 0.29) is 5.54 Å². The highest BCUT2D eigenvalue weighted by Gasteiger charge is 2.19. The van der Waals surface area contributed by atoms with E-state index >= 15 is 0 Å². The Bertz CT molecular complexity index is 172. The molecule has 0 saturated heterocycles. The molecule has 0 aromatic rings. The molecule has 0 heterocycles. The number of rotatable bonds is 9. The number of hydrogen-bond acceptors (Lipinski definition) is 3. The summed E-state index contributed by atoms with van der Waals surface area (Å²) in [6, 6.07) is 0.485. The molecule has 1 unspecified atom stereocenters. The van der Waals surface area contributed by atoms with Crippen molar-refractivity contribution in [3.05, 3.63) is 0 Å². The van der Waals surface area contributed by atoms with Crippen molar-refractivity contribution in [1.82, 2.24) is 10.2 Å². The summed E-state index contributed by atoms with van der Waals surface area (Å²) in [7, 11) is 1.79. The number of methoxy groups -OCH3 is 1. The molecule has 104 valence electrons. The molecular weight excluding hydrogens is 212 g/mol. The first-order chi connectivity index (χ1) is 7.94. The number of nitrogens with one attached hydrogen (secondary N) is 1. The first-order valence-electron chi connectivity index (χ1n) is 6.92. The number of nitrogens with zero attached hydrogens (tertiary/aromatic N) is 1. The molecule has 0 spiro atoms. The van der Waals surface area contributed by atoms with E-state index < -0.39 is 0 Å². The van der Waals surface area contributed by atoms with Gasteiger partial charge < -0.3 is 10.1 Å². The smallest absolute Gasteiger partial charge is 0.0630 e. The van der Waals surface area contributed by atoms with Gasteiger partial charge in [-0.15, -0.1) is 0 Å². The molecule has 0 fully saturated rings. The summed E-state index contributed by atoms with van der Waals surface area (Å²) in [5.41, 5.74) is 0.177. The van der Waals surface area contributed by atoms with E-state index in [0.717, 1.165) is 26.2 Å². The first-order valence-corrected chi connectivity index (χ1v) is 6.92. The van der Waals surface area contributed by atoms with Crippen molar-refractivity contribution in [2.45, 2.75) is 59.0 Å². The van der Waals surface area contributed by atoms with Crippen molar-refractivity contribution >= 4 is 0 Å². The third-order valence-corrected chi connectivity index (χ3v) is 2.77. The molecule has 0 aliphatic heterocycles. The Balaban J connectivity index is 4.33. The topological polar surface area (TPSA) is 24.5 Å². The molecule has 0 rings (SSSR count). The molecule has 0 bridgehead atoms. The summed E-state index contributed by atoms with van der Waals surface area (Å²) in [4.78, 5) is 2.54. The second-order valence-corrected chi connectivity index (χ2v) is 5.78. The molecule has 0 amide bonds. The van der Waals surface area contributed by atoms with E-state index in [2.05, 4.69) is 44.8 Å². The van der Waals surface area contributed by atoms with Crippen LogP contribution >= 0.6 is 0 Å². The maximum atomic E-state index is 5.36. The fraction of sp³-hybridized carbons (Fsp3) is 1.00. The van der Waals surface area contributed by atoms with Gasteiger partial charge in [-0.2, -0.15) is 0 Å². The van der Waals surface area contributed by atoms with E-state index in [0.29, 0.717) is 6.04 Å². The molecule has 0 aromatic carbocycles. The fourth-order valence-electron chi connectivity index (χ4n) is 1.96. The highest BCUT2D eigenvalue weighted by atomic mass is 16.5. The van der Waals surface area contributed by atoms with Gasteiger partial charge in [0, 0.05) is 25.2 Å². The maximum absolute atomic E-state index is 5.36. The molecule has 3 nitrogen and oxygen atoms in total. The van der Waals surface area contributed by atoms with Crippen LogP contribution in [0.1, 0.15) is 47.5 Å². The third-order valence-electron chi connectivity index (χ3n) is 2.77. The average Bonchev–Trinajstić information content (AvgIpc) is 2.23. The normalized spacial score (nSPS) is 14.3. The summed E-state index contributed by atoms with van der Waals surface area (Å²) in [5.74, 6) is 0. The monoisotopic (exact) mass is 244 g/mol. The van der Waals surface area contributed by atoms with Crippen molar-refractivity contribution < 1.29 is 4.74 Å². The molecule has 0 aliphatic carbocycles. The number of hydrogen-bond donors (Lipinski definition) is 1. The Morgan fingerprint density at radius 3 is 2.00 bits per heavy atom. The van der Waals surface area contributed by atoms with E-state index in [1.54, 1.807) is 7.11 Å². The molecular formula is C14H32N2O. The minimum atomic E-state index is 0.177. The van der Waals surface area contributed by atoms with Gasteiger partial charge in [-0.05, 0) is 46.7 Å². The molecule has 0 saturated carbocycles. The van der Waals surface area contributed by atoms with E-state index in [9.17, 15) is 0 Å². The summed E-state index contributed by atoms with van der Waals surface area (Å²) in [6.07, 6.45) is 2.41. The lowest BCUT2D eigenvalue weighted by Gasteiger charge is -2.33. The van der Waals surface area contributed by atoms with Gasteiger partial charge in [0.25, 0.3) is 0 Å². The van der Waals surface area contributed by atoms with Crippen LogP contribution in [-0.2, 0) is 4.74 Å². The van der Waals surface area contributed by atoms with Crippen LogP contribution in [0, 0.1) is 0 Å². The zero-order valence-electron chi connectivity index (χ0n) is 12.7. The molecule has 0 radical (unpaired) electrons. The Morgan fingerprint density at radius 1 is 1.12 bits per heavy atom. The SMILES string of the molecule is CCCN(CCC)C(CNC(C)(C)C)COC. The van der Waals surface area contributed by atoms with Gasteiger partial charge in [0.1, 0.15) is 0 Å². The van der Waals surface area contributed by atoms with Crippen LogP contribution in [0.4, 0.5) is 0 Å². The van der Waals surface area contributed by atoms with E-state index in [4.69, 9.17) is 4.74 Å². The summed E-state index contributed by atoms with van der Waals surface area (Å²) >= 11 is 0. The second kappa shape index (κ2) is 8.90. The second-order valence-electron chi connectivity index (χ2n) is 5.78.